The van der Waals surface area contributed by atoms with E-state index in [4.69, 9.17) is 0 Å². The van der Waals surface area contributed by atoms with E-state index in [0.29, 0.717) is 12.1 Å². The van der Waals surface area contributed by atoms with E-state index in [0.717, 1.165) is 6.54 Å². The molecule has 1 unspecified atom stereocenters. The van der Waals surface area contributed by atoms with E-state index in [2.05, 4.69) is 85.4 Å². The molecule has 0 aromatic heterocycles. The fraction of sp³-hybridized carbons (Fsp3) is 0.520. The van der Waals surface area contributed by atoms with Crippen LogP contribution in [-0.4, -0.2) is 37.6 Å². The van der Waals surface area contributed by atoms with Crippen LogP contribution in [0.4, 0.5) is 5.69 Å². The van der Waals surface area contributed by atoms with Crippen molar-refractivity contribution in [1.82, 2.24) is 4.90 Å². The van der Waals surface area contributed by atoms with Gasteiger partial charge in [0.1, 0.15) is 0 Å². The molecule has 0 saturated heterocycles. The molecular formula is C25H38N2. The van der Waals surface area contributed by atoms with Gasteiger partial charge < -0.3 is 9.80 Å². The molecule has 1 aliphatic rings. The standard InChI is InChI=1S/C23H32N2.C2H6/c1-4-5-13-22(24(2)3)18-25(21-14-7-6-8-15-21)23-16-19-11-9-10-12-20(19)17-23;1-2/h6-12,14-15,22-23H,4-5,13,16-18H2,1-3H3;1-2H3. The highest BCUT2D eigenvalue weighted by molar-refractivity contribution is 5.50. The summed E-state index contributed by atoms with van der Waals surface area (Å²) in [6, 6.07) is 21.1. The van der Waals surface area contributed by atoms with Gasteiger partial charge in [-0.2, -0.15) is 0 Å². The van der Waals surface area contributed by atoms with Gasteiger partial charge in [-0.1, -0.05) is 76.1 Å². The largest absolute Gasteiger partial charge is 0.366 e. The van der Waals surface area contributed by atoms with Crippen LogP contribution in [0.2, 0.25) is 0 Å². The zero-order chi connectivity index (χ0) is 19.6. The van der Waals surface area contributed by atoms with E-state index in [9.17, 15) is 0 Å². The lowest BCUT2D eigenvalue weighted by molar-refractivity contribution is 0.270. The molecule has 0 saturated carbocycles. The molecule has 0 bridgehead atoms. The lowest BCUT2D eigenvalue weighted by atomic mass is 10.0. The van der Waals surface area contributed by atoms with Crippen molar-refractivity contribution in [2.24, 2.45) is 0 Å². The maximum Gasteiger partial charge on any atom is 0.0371 e. The first-order valence-corrected chi connectivity index (χ1v) is 10.7. The van der Waals surface area contributed by atoms with Crippen LogP contribution in [0.3, 0.4) is 0 Å². The first-order chi connectivity index (χ1) is 13.2. The van der Waals surface area contributed by atoms with Gasteiger partial charge in [0.15, 0.2) is 0 Å². The van der Waals surface area contributed by atoms with Crippen molar-refractivity contribution in [3.05, 3.63) is 65.7 Å². The van der Waals surface area contributed by atoms with Gasteiger partial charge in [0.2, 0.25) is 0 Å². The van der Waals surface area contributed by atoms with Crippen LogP contribution in [0.15, 0.2) is 54.6 Å². The van der Waals surface area contributed by atoms with Crippen molar-refractivity contribution in [2.45, 2.75) is 65.0 Å². The number of anilines is 1. The van der Waals surface area contributed by atoms with Gasteiger partial charge in [-0.25, -0.2) is 0 Å². The summed E-state index contributed by atoms with van der Waals surface area (Å²) in [7, 11) is 4.46. The second-order valence-electron chi connectivity index (χ2n) is 7.58. The molecule has 0 heterocycles. The summed E-state index contributed by atoms with van der Waals surface area (Å²) in [5.41, 5.74) is 4.43. The van der Waals surface area contributed by atoms with Crippen LogP contribution >= 0.6 is 0 Å². The Morgan fingerprint density at radius 2 is 1.44 bits per heavy atom. The molecule has 0 aliphatic heterocycles. The van der Waals surface area contributed by atoms with Gasteiger partial charge in [0.25, 0.3) is 0 Å². The third kappa shape index (κ3) is 5.84. The van der Waals surface area contributed by atoms with Crippen LogP contribution in [0.1, 0.15) is 51.2 Å². The smallest absolute Gasteiger partial charge is 0.0371 e. The average molecular weight is 367 g/mol. The number of hydrogen-bond donors (Lipinski definition) is 0. The third-order valence-corrected chi connectivity index (χ3v) is 5.59. The molecule has 0 fully saturated rings. The van der Waals surface area contributed by atoms with Gasteiger partial charge in [-0.15, -0.1) is 0 Å². The molecule has 0 radical (unpaired) electrons. The molecule has 3 rings (SSSR count). The van der Waals surface area contributed by atoms with E-state index in [1.54, 1.807) is 0 Å². The Kier molecular flexibility index (Phi) is 8.87. The van der Waals surface area contributed by atoms with Crippen LogP contribution in [-0.2, 0) is 12.8 Å². The zero-order valence-electron chi connectivity index (χ0n) is 18.0. The van der Waals surface area contributed by atoms with Gasteiger partial charge in [0, 0.05) is 24.3 Å². The van der Waals surface area contributed by atoms with Crippen molar-refractivity contribution in [3.8, 4) is 0 Å². The Morgan fingerprint density at radius 1 is 0.889 bits per heavy atom. The van der Waals surface area contributed by atoms with Crippen molar-refractivity contribution in [3.63, 3.8) is 0 Å². The van der Waals surface area contributed by atoms with Gasteiger partial charge >= 0.3 is 0 Å². The van der Waals surface area contributed by atoms with E-state index >= 15 is 0 Å². The molecule has 0 spiro atoms. The highest BCUT2D eigenvalue weighted by Gasteiger charge is 2.28. The molecule has 2 nitrogen and oxygen atoms in total. The van der Waals surface area contributed by atoms with E-state index in [-0.39, 0.29) is 0 Å². The second-order valence-corrected chi connectivity index (χ2v) is 7.58. The van der Waals surface area contributed by atoms with Crippen molar-refractivity contribution in [2.75, 3.05) is 25.5 Å². The molecule has 1 atom stereocenters. The first kappa shape index (κ1) is 21.5. The van der Waals surface area contributed by atoms with Crippen molar-refractivity contribution >= 4 is 5.69 Å². The molecule has 0 N–H and O–H groups in total. The Morgan fingerprint density at radius 3 is 1.96 bits per heavy atom. The minimum absolute atomic E-state index is 0.573. The highest BCUT2D eigenvalue weighted by atomic mass is 15.2. The Labute approximate surface area is 167 Å². The van der Waals surface area contributed by atoms with Gasteiger partial charge in [-0.3, -0.25) is 0 Å². The molecular weight excluding hydrogens is 328 g/mol. The predicted octanol–water partition coefficient (Wildman–Crippen LogP) is 5.81. The molecule has 0 amide bonds. The van der Waals surface area contributed by atoms with Crippen LogP contribution in [0.5, 0.6) is 0 Å². The van der Waals surface area contributed by atoms with E-state index < -0.39 is 0 Å². The number of nitrogens with zero attached hydrogens (tertiary/aromatic N) is 2. The van der Waals surface area contributed by atoms with E-state index in [1.165, 1.54) is 48.9 Å². The summed E-state index contributed by atoms with van der Waals surface area (Å²) in [5.74, 6) is 0. The number of fused-ring (bicyclic) bond motifs is 1. The average Bonchev–Trinajstić information content (AvgIpc) is 3.14. The maximum atomic E-state index is 2.67. The highest BCUT2D eigenvalue weighted by Crippen LogP contribution is 2.29. The maximum absolute atomic E-state index is 2.67. The molecule has 2 aromatic rings. The Hall–Kier alpha value is -1.80. The third-order valence-electron chi connectivity index (χ3n) is 5.59. The van der Waals surface area contributed by atoms with Crippen LogP contribution in [0, 0.1) is 0 Å². The normalized spacial score (nSPS) is 14.4. The predicted molar refractivity (Wildman–Crippen MR) is 120 cm³/mol. The van der Waals surface area contributed by atoms with Gasteiger partial charge in [0.05, 0.1) is 0 Å². The summed E-state index contributed by atoms with van der Waals surface area (Å²) in [6.07, 6.45) is 6.17. The number of benzene rings is 2. The summed E-state index contributed by atoms with van der Waals surface area (Å²) in [5, 5.41) is 0. The molecule has 2 aromatic carbocycles. The number of para-hydroxylation sites is 1. The molecule has 1 aliphatic carbocycles. The Bertz CT molecular complexity index is 625. The lowest BCUT2D eigenvalue weighted by Gasteiger charge is -2.37. The SMILES string of the molecule is CC.CCCCC(CN(c1ccccc1)C1Cc2ccccc2C1)N(C)C. The van der Waals surface area contributed by atoms with E-state index in [1.807, 2.05) is 13.8 Å². The fourth-order valence-corrected chi connectivity index (χ4v) is 4.02. The molecule has 148 valence electrons. The minimum Gasteiger partial charge on any atom is -0.366 e. The quantitative estimate of drug-likeness (QED) is 0.582. The topological polar surface area (TPSA) is 6.48 Å². The summed E-state index contributed by atoms with van der Waals surface area (Å²) < 4.78 is 0. The summed E-state index contributed by atoms with van der Waals surface area (Å²) >= 11 is 0. The van der Waals surface area contributed by atoms with Crippen LogP contribution in [0.25, 0.3) is 0 Å². The monoisotopic (exact) mass is 366 g/mol. The lowest BCUT2D eigenvalue weighted by Crippen LogP contribution is -2.46. The number of hydrogen-bond acceptors (Lipinski definition) is 2. The number of unbranched alkanes of at least 4 members (excludes halogenated alkanes) is 1. The van der Waals surface area contributed by atoms with Crippen molar-refractivity contribution in [1.29, 1.82) is 0 Å². The number of likely N-dealkylation sites (N-methyl/N-ethyl adjacent to an activating group) is 1. The van der Waals surface area contributed by atoms with Crippen LogP contribution < -0.4 is 4.90 Å². The molecule has 27 heavy (non-hydrogen) atoms. The minimum atomic E-state index is 0.573. The summed E-state index contributed by atoms with van der Waals surface area (Å²) in [6.45, 7) is 7.39. The van der Waals surface area contributed by atoms with Crippen molar-refractivity contribution < 1.29 is 0 Å². The molecule has 2 heteroatoms. The second kappa shape index (κ2) is 11.1. The zero-order valence-corrected chi connectivity index (χ0v) is 18.0. The van der Waals surface area contributed by atoms with Gasteiger partial charge in [-0.05, 0) is 56.6 Å². The Balaban J connectivity index is 0.00000126. The fourth-order valence-electron chi connectivity index (χ4n) is 4.02. The number of rotatable bonds is 8. The first-order valence-electron chi connectivity index (χ1n) is 10.7. The summed E-state index contributed by atoms with van der Waals surface area (Å²) in [4.78, 5) is 5.08.